The lowest BCUT2D eigenvalue weighted by Crippen LogP contribution is -2.28. The molecule has 0 bridgehead atoms. The third-order valence-electron chi connectivity index (χ3n) is 6.13. The van der Waals surface area contributed by atoms with E-state index in [0.717, 1.165) is 32.8 Å². The molecule has 4 aromatic rings. The number of thiazole rings is 1. The second kappa shape index (κ2) is 13.3. The summed E-state index contributed by atoms with van der Waals surface area (Å²) in [6.45, 7) is 2.66. The Bertz CT molecular complexity index is 1420. The molecule has 1 aromatic heterocycles. The zero-order valence-electron chi connectivity index (χ0n) is 21.5. The minimum absolute atomic E-state index is 0.0859. The van der Waals surface area contributed by atoms with Crippen molar-refractivity contribution < 1.29 is 19.5 Å². The number of amides is 3. The number of aryl methyl sites for hydroxylation is 1. The number of nitrogens with zero attached hydrogens (tertiary/aromatic N) is 1. The van der Waals surface area contributed by atoms with Crippen LogP contribution in [0.2, 0.25) is 0 Å². The molecule has 1 unspecified atom stereocenters. The maximum absolute atomic E-state index is 12.7. The zero-order valence-corrected chi connectivity index (χ0v) is 22.3. The Kier molecular flexibility index (Phi) is 9.42. The first kappa shape index (κ1) is 27.5. The Hall–Kier alpha value is -4.50. The lowest BCUT2D eigenvalue weighted by atomic mass is 9.92. The summed E-state index contributed by atoms with van der Waals surface area (Å²) in [7, 11) is 0. The molecule has 0 fully saturated rings. The molecular weight excluding hydrogens is 512 g/mol. The molecule has 0 aliphatic rings. The average Bonchev–Trinajstić information content (AvgIpc) is 3.31. The molecule has 0 aliphatic heterocycles. The summed E-state index contributed by atoms with van der Waals surface area (Å²) in [6.07, 6.45) is -0.0285. The molecule has 9 heteroatoms. The maximum atomic E-state index is 12.7. The lowest BCUT2D eigenvalue weighted by Gasteiger charge is -2.15. The minimum Gasteiger partial charge on any atom is -0.481 e. The summed E-state index contributed by atoms with van der Waals surface area (Å²) in [6, 6.07) is 26.3. The van der Waals surface area contributed by atoms with E-state index in [4.69, 9.17) is 0 Å². The Balaban J connectivity index is 1.34. The van der Waals surface area contributed by atoms with Gasteiger partial charge in [0, 0.05) is 35.9 Å². The summed E-state index contributed by atoms with van der Waals surface area (Å²) < 4.78 is 0. The number of anilines is 1. The van der Waals surface area contributed by atoms with Gasteiger partial charge in [0.05, 0.1) is 12.1 Å². The van der Waals surface area contributed by atoms with Crippen LogP contribution in [0.1, 0.15) is 40.3 Å². The number of hydrogen-bond donors (Lipinski definition) is 4. The van der Waals surface area contributed by atoms with Gasteiger partial charge in [-0.15, -0.1) is 11.3 Å². The zero-order chi connectivity index (χ0) is 27.6. The van der Waals surface area contributed by atoms with E-state index in [1.807, 2.05) is 91.9 Å². The van der Waals surface area contributed by atoms with Gasteiger partial charge in [0.1, 0.15) is 0 Å². The van der Waals surface area contributed by atoms with E-state index < -0.39 is 11.9 Å². The first-order valence-electron chi connectivity index (χ1n) is 12.6. The van der Waals surface area contributed by atoms with Crippen LogP contribution in [0.3, 0.4) is 0 Å². The number of urea groups is 1. The van der Waals surface area contributed by atoms with Gasteiger partial charge < -0.3 is 15.7 Å². The van der Waals surface area contributed by atoms with Gasteiger partial charge in [0.15, 0.2) is 5.13 Å². The van der Waals surface area contributed by atoms with Crippen molar-refractivity contribution in [2.75, 3.05) is 5.32 Å². The highest BCUT2D eigenvalue weighted by Gasteiger charge is 2.19. The van der Waals surface area contributed by atoms with Crippen molar-refractivity contribution in [3.8, 4) is 11.3 Å². The van der Waals surface area contributed by atoms with Gasteiger partial charge in [0.2, 0.25) is 5.91 Å². The third-order valence-corrected chi connectivity index (χ3v) is 7.01. The normalized spacial score (nSPS) is 11.4. The molecule has 4 rings (SSSR count). The Morgan fingerprint density at radius 1 is 0.846 bits per heavy atom. The van der Waals surface area contributed by atoms with Gasteiger partial charge in [-0.3, -0.25) is 14.9 Å². The van der Waals surface area contributed by atoms with Crippen LogP contribution in [0, 0.1) is 6.92 Å². The number of rotatable bonds is 11. The predicted octanol–water partition coefficient (Wildman–Crippen LogP) is 5.71. The van der Waals surface area contributed by atoms with Gasteiger partial charge in [0.25, 0.3) is 0 Å². The van der Waals surface area contributed by atoms with Crippen LogP contribution in [0.25, 0.3) is 11.3 Å². The van der Waals surface area contributed by atoms with Crippen LogP contribution in [0.15, 0.2) is 84.9 Å². The van der Waals surface area contributed by atoms with Gasteiger partial charge in [-0.2, -0.15) is 0 Å². The minimum atomic E-state index is -0.939. The summed E-state index contributed by atoms with van der Waals surface area (Å²) >= 11 is 1.39. The second-order valence-electron chi connectivity index (χ2n) is 9.10. The SMILES string of the molecule is Cc1sc(NC(=O)NCc2ccccc2)nc1-c1cccc(CNC(=O)CC(CC(=O)O)c2ccccc2)c1. The number of carboxylic acids is 1. The summed E-state index contributed by atoms with van der Waals surface area (Å²) in [5, 5.41) is 18.3. The molecule has 200 valence electrons. The lowest BCUT2D eigenvalue weighted by molar-refractivity contribution is -0.137. The molecule has 39 heavy (non-hydrogen) atoms. The molecule has 4 N–H and O–H groups in total. The van der Waals surface area contributed by atoms with Gasteiger partial charge in [-0.25, -0.2) is 9.78 Å². The highest BCUT2D eigenvalue weighted by atomic mass is 32.1. The Labute approximate surface area is 231 Å². The molecule has 3 aromatic carbocycles. The molecular formula is C30H30N4O4S. The van der Waals surface area contributed by atoms with Crippen molar-refractivity contribution in [3.05, 3.63) is 106 Å². The fourth-order valence-electron chi connectivity index (χ4n) is 4.21. The molecule has 8 nitrogen and oxygen atoms in total. The number of hydrogen-bond acceptors (Lipinski definition) is 5. The highest BCUT2D eigenvalue weighted by molar-refractivity contribution is 7.16. The van der Waals surface area contributed by atoms with Crippen LogP contribution < -0.4 is 16.0 Å². The van der Waals surface area contributed by atoms with Crippen LogP contribution in [0.5, 0.6) is 0 Å². The molecule has 0 aliphatic carbocycles. The van der Waals surface area contributed by atoms with Gasteiger partial charge in [-0.05, 0) is 29.7 Å². The molecule has 0 saturated heterocycles. The second-order valence-corrected chi connectivity index (χ2v) is 10.3. The van der Waals surface area contributed by atoms with Crippen LogP contribution in [0.4, 0.5) is 9.93 Å². The first-order chi connectivity index (χ1) is 18.9. The molecule has 1 atom stereocenters. The van der Waals surface area contributed by atoms with Crippen molar-refractivity contribution >= 4 is 34.4 Å². The van der Waals surface area contributed by atoms with Crippen LogP contribution in [-0.4, -0.2) is 28.0 Å². The molecule has 1 heterocycles. The fraction of sp³-hybridized carbons (Fsp3) is 0.200. The van der Waals surface area contributed by atoms with Crippen molar-refractivity contribution in [1.82, 2.24) is 15.6 Å². The number of nitrogens with one attached hydrogen (secondary N) is 3. The first-order valence-corrected chi connectivity index (χ1v) is 13.4. The largest absolute Gasteiger partial charge is 0.481 e. The van der Waals surface area contributed by atoms with Crippen LogP contribution in [-0.2, 0) is 22.7 Å². The van der Waals surface area contributed by atoms with E-state index in [-0.39, 0.29) is 24.8 Å². The van der Waals surface area contributed by atoms with E-state index in [2.05, 4.69) is 20.9 Å². The van der Waals surface area contributed by atoms with Gasteiger partial charge in [-0.1, -0.05) is 78.9 Å². The molecule has 0 spiro atoms. The standard InChI is InChI=1S/C30H30N4O4S/c1-20-28(33-30(39-20)34-29(38)32-18-21-9-4-2-5-10-21)24-14-8-11-22(15-24)19-31-26(35)16-25(17-27(36)37)23-12-6-3-7-13-23/h2-15,25H,16-19H2,1H3,(H,31,35)(H,36,37)(H2,32,33,34,38). The summed E-state index contributed by atoms with van der Waals surface area (Å²) in [5.74, 6) is -1.55. The third kappa shape index (κ3) is 8.24. The number of carbonyl (C=O) groups is 3. The Morgan fingerprint density at radius 2 is 1.51 bits per heavy atom. The molecule has 0 saturated carbocycles. The monoisotopic (exact) mass is 542 g/mol. The molecule has 0 radical (unpaired) electrons. The smallest absolute Gasteiger partial charge is 0.321 e. The summed E-state index contributed by atoms with van der Waals surface area (Å²) in [5.41, 5.74) is 4.36. The molecule has 3 amide bonds. The maximum Gasteiger partial charge on any atom is 0.321 e. The van der Waals surface area contributed by atoms with E-state index in [1.54, 1.807) is 0 Å². The van der Waals surface area contributed by atoms with Crippen molar-refractivity contribution in [2.45, 2.75) is 38.8 Å². The van der Waals surface area contributed by atoms with E-state index in [1.165, 1.54) is 11.3 Å². The quantitative estimate of drug-likeness (QED) is 0.194. The predicted molar refractivity (Wildman–Crippen MR) is 152 cm³/mol. The number of aliphatic carboxylic acids is 1. The Morgan fingerprint density at radius 3 is 2.23 bits per heavy atom. The van der Waals surface area contributed by atoms with E-state index in [9.17, 15) is 19.5 Å². The van der Waals surface area contributed by atoms with E-state index in [0.29, 0.717) is 18.2 Å². The fourth-order valence-corrected chi connectivity index (χ4v) is 5.04. The van der Waals surface area contributed by atoms with E-state index >= 15 is 0 Å². The topological polar surface area (TPSA) is 120 Å². The summed E-state index contributed by atoms with van der Waals surface area (Å²) in [4.78, 5) is 41.9. The number of aromatic nitrogens is 1. The number of carbonyl (C=O) groups excluding carboxylic acids is 2. The van der Waals surface area contributed by atoms with Crippen LogP contribution >= 0.6 is 11.3 Å². The number of carboxylic acid groups (broad SMARTS) is 1. The van der Waals surface area contributed by atoms with Gasteiger partial charge >= 0.3 is 12.0 Å². The number of benzene rings is 3. The highest BCUT2D eigenvalue weighted by Crippen LogP contribution is 2.31. The average molecular weight is 543 g/mol. The van der Waals surface area contributed by atoms with Crippen molar-refractivity contribution in [3.63, 3.8) is 0 Å². The van der Waals surface area contributed by atoms with Crippen molar-refractivity contribution in [2.24, 2.45) is 0 Å². The van der Waals surface area contributed by atoms with Crippen molar-refractivity contribution in [1.29, 1.82) is 0 Å².